The number of hydrogen-bond acceptors (Lipinski definition) is 1. The molecule has 0 bridgehead atoms. The van der Waals surface area contributed by atoms with Gasteiger partial charge in [-0.1, -0.05) is 42.0 Å². The molecule has 1 aliphatic rings. The van der Waals surface area contributed by atoms with E-state index in [0.717, 1.165) is 13.0 Å². The van der Waals surface area contributed by atoms with Gasteiger partial charge in [-0.15, -0.1) is 0 Å². The molecular weight excluding hydrogens is 237 g/mol. The summed E-state index contributed by atoms with van der Waals surface area (Å²) in [6.07, 6.45) is 1.15. The van der Waals surface area contributed by atoms with Gasteiger partial charge in [0.2, 0.25) is 0 Å². The van der Waals surface area contributed by atoms with E-state index in [4.69, 9.17) is 0 Å². The monoisotopic (exact) mass is 255 g/mol. The van der Waals surface area contributed by atoms with E-state index in [0.29, 0.717) is 12.0 Å². The third-order valence-electron chi connectivity index (χ3n) is 3.78. The highest BCUT2D eigenvalue weighted by atomic mass is 19.1. The van der Waals surface area contributed by atoms with Gasteiger partial charge in [0.1, 0.15) is 5.82 Å². The molecule has 1 saturated carbocycles. The maximum Gasteiger partial charge on any atom is 0.123 e. The van der Waals surface area contributed by atoms with Gasteiger partial charge in [0.05, 0.1) is 0 Å². The summed E-state index contributed by atoms with van der Waals surface area (Å²) >= 11 is 0. The first-order valence-electron chi connectivity index (χ1n) is 6.77. The van der Waals surface area contributed by atoms with Crippen molar-refractivity contribution in [3.05, 3.63) is 71.0 Å². The van der Waals surface area contributed by atoms with Crippen molar-refractivity contribution < 1.29 is 4.39 Å². The smallest absolute Gasteiger partial charge is 0.123 e. The molecule has 2 heteroatoms. The summed E-state index contributed by atoms with van der Waals surface area (Å²) in [5.41, 5.74) is 3.84. The number of hydrogen-bond donors (Lipinski definition) is 1. The Labute approximate surface area is 113 Å². The topological polar surface area (TPSA) is 12.0 Å². The molecule has 2 atom stereocenters. The molecule has 1 nitrogen and oxygen atoms in total. The van der Waals surface area contributed by atoms with E-state index < -0.39 is 0 Å². The van der Waals surface area contributed by atoms with Gasteiger partial charge in [0.15, 0.2) is 0 Å². The number of benzene rings is 2. The molecule has 2 aromatic rings. The molecule has 0 aliphatic heterocycles. The minimum Gasteiger partial charge on any atom is -0.309 e. The zero-order valence-corrected chi connectivity index (χ0v) is 11.1. The predicted molar refractivity (Wildman–Crippen MR) is 75.6 cm³/mol. The Kier molecular flexibility index (Phi) is 3.34. The highest BCUT2D eigenvalue weighted by molar-refractivity contribution is 5.28. The Morgan fingerprint density at radius 1 is 1.05 bits per heavy atom. The van der Waals surface area contributed by atoms with E-state index in [1.165, 1.54) is 16.7 Å². The summed E-state index contributed by atoms with van der Waals surface area (Å²) in [6, 6.07) is 16.0. The summed E-state index contributed by atoms with van der Waals surface area (Å²) < 4.78 is 12.9. The van der Waals surface area contributed by atoms with Crippen molar-refractivity contribution in [3.63, 3.8) is 0 Å². The summed E-state index contributed by atoms with van der Waals surface area (Å²) in [5, 5.41) is 3.56. The van der Waals surface area contributed by atoms with Crippen LogP contribution in [0.4, 0.5) is 4.39 Å². The van der Waals surface area contributed by atoms with Crippen molar-refractivity contribution in [2.24, 2.45) is 0 Å². The van der Waals surface area contributed by atoms with Crippen LogP contribution >= 0.6 is 0 Å². The first-order chi connectivity index (χ1) is 9.22. The van der Waals surface area contributed by atoms with Crippen LogP contribution in [0.25, 0.3) is 0 Å². The summed E-state index contributed by atoms with van der Waals surface area (Å²) in [7, 11) is 0. The molecule has 1 aliphatic carbocycles. The van der Waals surface area contributed by atoms with E-state index in [1.807, 2.05) is 12.1 Å². The molecule has 3 rings (SSSR count). The Balaban J connectivity index is 1.53. The molecule has 0 aromatic heterocycles. The second kappa shape index (κ2) is 5.14. The van der Waals surface area contributed by atoms with Gasteiger partial charge in [-0.3, -0.25) is 0 Å². The molecule has 1 fully saturated rings. The van der Waals surface area contributed by atoms with Crippen molar-refractivity contribution in [1.29, 1.82) is 0 Å². The van der Waals surface area contributed by atoms with Crippen molar-refractivity contribution in [2.45, 2.75) is 31.8 Å². The molecule has 0 amide bonds. The third-order valence-corrected chi connectivity index (χ3v) is 3.78. The average molecular weight is 255 g/mol. The fourth-order valence-electron chi connectivity index (χ4n) is 2.45. The van der Waals surface area contributed by atoms with E-state index in [9.17, 15) is 4.39 Å². The molecular formula is C17H18FN. The van der Waals surface area contributed by atoms with E-state index in [1.54, 1.807) is 12.1 Å². The number of halogens is 1. The number of nitrogens with one attached hydrogen (secondary N) is 1. The van der Waals surface area contributed by atoms with Crippen LogP contribution in [-0.4, -0.2) is 6.04 Å². The summed E-state index contributed by atoms with van der Waals surface area (Å²) in [5.74, 6) is 0.389. The summed E-state index contributed by atoms with van der Waals surface area (Å²) in [6.45, 7) is 3.01. The van der Waals surface area contributed by atoms with Gasteiger partial charge in [0, 0.05) is 18.5 Å². The first kappa shape index (κ1) is 12.4. The van der Waals surface area contributed by atoms with Crippen LogP contribution < -0.4 is 5.32 Å². The Morgan fingerprint density at radius 3 is 2.42 bits per heavy atom. The zero-order chi connectivity index (χ0) is 13.2. The highest BCUT2D eigenvalue weighted by Gasteiger charge is 2.37. The van der Waals surface area contributed by atoms with E-state index >= 15 is 0 Å². The molecule has 0 spiro atoms. The first-order valence-corrected chi connectivity index (χ1v) is 6.77. The molecule has 1 N–H and O–H groups in total. The third kappa shape index (κ3) is 3.02. The van der Waals surface area contributed by atoms with Gasteiger partial charge in [-0.2, -0.15) is 0 Å². The average Bonchev–Trinajstić information content (AvgIpc) is 3.19. The lowest BCUT2D eigenvalue weighted by Gasteiger charge is -2.05. The SMILES string of the molecule is Cc1ccc(CNC2CC2c2ccc(F)cc2)cc1. The van der Waals surface area contributed by atoms with Gasteiger partial charge in [-0.05, 0) is 36.6 Å². The van der Waals surface area contributed by atoms with Gasteiger partial charge in [-0.25, -0.2) is 4.39 Å². The maximum absolute atomic E-state index is 12.9. The highest BCUT2D eigenvalue weighted by Crippen LogP contribution is 2.40. The van der Waals surface area contributed by atoms with Gasteiger partial charge < -0.3 is 5.32 Å². The maximum atomic E-state index is 12.9. The van der Waals surface area contributed by atoms with Crippen LogP contribution in [0.1, 0.15) is 29.0 Å². The normalized spacial score (nSPS) is 21.4. The van der Waals surface area contributed by atoms with Gasteiger partial charge in [0.25, 0.3) is 0 Å². The standard InChI is InChI=1S/C17H18FN/c1-12-2-4-13(5-3-12)11-19-17-10-16(17)14-6-8-15(18)9-7-14/h2-9,16-17,19H,10-11H2,1H3. The van der Waals surface area contributed by atoms with E-state index in [-0.39, 0.29) is 5.82 Å². The minimum absolute atomic E-state index is 0.159. The Bertz CT molecular complexity index is 544. The van der Waals surface area contributed by atoms with Crippen LogP contribution in [0.3, 0.4) is 0 Å². The van der Waals surface area contributed by atoms with E-state index in [2.05, 4.69) is 36.5 Å². The number of rotatable bonds is 4. The van der Waals surface area contributed by atoms with Crippen LogP contribution in [0, 0.1) is 12.7 Å². The molecule has 0 heterocycles. The van der Waals surface area contributed by atoms with Crippen molar-refractivity contribution in [2.75, 3.05) is 0 Å². The molecule has 2 unspecified atom stereocenters. The van der Waals surface area contributed by atoms with Crippen molar-refractivity contribution in [1.82, 2.24) is 5.32 Å². The van der Waals surface area contributed by atoms with Crippen LogP contribution in [0.2, 0.25) is 0 Å². The molecule has 0 saturated heterocycles. The molecule has 19 heavy (non-hydrogen) atoms. The zero-order valence-electron chi connectivity index (χ0n) is 11.1. The van der Waals surface area contributed by atoms with Crippen LogP contribution in [-0.2, 0) is 6.54 Å². The van der Waals surface area contributed by atoms with Crippen molar-refractivity contribution >= 4 is 0 Å². The van der Waals surface area contributed by atoms with Crippen molar-refractivity contribution in [3.8, 4) is 0 Å². The fourth-order valence-corrected chi connectivity index (χ4v) is 2.45. The largest absolute Gasteiger partial charge is 0.309 e. The Hall–Kier alpha value is -1.67. The number of aryl methyl sites for hydroxylation is 1. The molecule has 0 radical (unpaired) electrons. The lowest BCUT2D eigenvalue weighted by molar-refractivity contribution is 0.626. The van der Waals surface area contributed by atoms with Crippen LogP contribution in [0.5, 0.6) is 0 Å². The predicted octanol–water partition coefficient (Wildman–Crippen LogP) is 3.78. The second-order valence-corrected chi connectivity index (χ2v) is 5.37. The van der Waals surface area contributed by atoms with Crippen LogP contribution in [0.15, 0.2) is 48.5 Å². The minimum atomic E-state index is -0.159. The second-order valence-electron chi connectivity index (χ2n) is 5.37. The molecule has 98 valence electrons. The Morgan fingerprint density at radius 2 is 1.74 bits per heavy atom. The lowest BCUT2D eigenvalue weighted by Crippen LogP contribution is -2.17. The molecule has 2 aromatic carbocycles. The fraction of sp³-hybridized carbons (Fsp3) is 0.294. The lowest BCUT2D eigenvalue weighted by atomic mass is 10.1. The van der Waals surface area contributed by atoms with Gasteiger partial charge >= 0.3 is 0 Å². The quantitative estimate of drug-likeness (QED) is 0.876. The summed E-state index contributed by atoms with van der Waals surface area (Å²) in [4.78, 5) is 0.